The van der Waals surface area contributed by atoms with E-state index in [0.717, 1.165) is 26.0 Å². The van der Waals surface area contributed by atoms with Gasteiger partial charge in [0.05, 0.1) is 24.0 Å². The number of aryl methyl sites for hydroxylation is 1. The first-order valence-corrected chi connectivity index (χ1v) is 10.2. The van der Waals surface area contributed by atoms with Crippen LogP contribution in [0.1, 0.15) is 5.56 Å². The van der Waals surface area contributed by atoms with Gasteiger partial charge in [-0.15, -0.1) is 11.3 Å². The van der Waals surface area contributed by atoms with E-state index in [4.69, 9.17) is 4.74 Å². The smallest absolute Gasteiger partial charge is 0.336 e. The van der Waals surface area contributed by atoms with Crippen LogP contribution in [0, 0.1) is 12.7 Å². The molecule has 0 aliphatic rings. The number of carbonyl (C=O) groups excluding carboxylic acids is 1. The highest BCUT2D eigenvalue weighted by Gasteiger charge is 2.19. The fourth-order valence-corrected chi connectivity index (χ4v) is 4.16. The number of para-hydroxylation sites is 1. The molecule has 0 radical (unpaired) electrons. The van der Waals surface area contributed by atoms with E-state index in [0.29, 0.717) is 17.0 Å². The van der Waals surface area contributed by atoms with Crippen molar-refractivity contribution >= 4 is 33.1 Å². The second-order valence-electron chi connectivity index (χ2n) is 6.85. The zero-order chi connectivity index (χ0) is 22.1. The zero-order valence-corrected chi connectivity index (χ0v) is 17.5. The molecule has 1 N–H and O–H groups in total. The molecule has 158 valence electrons. The molecule has 0 spiro atoms. The Morgan fingerprint density at radius 2 is 1.94 bits per heavy atom. The minimum Gasteiger partial charge on any atom is -0.495 e. The number of nitrogens with zero attached hydrogens (tertiary/aromatic N) is 2. The standard InChI is InChI=1S/C22H18FN3O4S/c1-13-7-8-18(30-2)15(11-13)24-19(27)12-25-17-9-10-31-20(17)21(28)26(22(25)29)16-6-4-3-5-14(16)23/h3-11H,12H2,1-2H3,(H,24,27). The molecule has 0 unspecified atom stereocenters. The summed E-state index contributed by atoms with van der Waals surface area (Å²) in [4.78, 5) is 38.9. The molecule has 2 aromatic heterocycles. The molecule has 0 aliphatic heterocycles. The summed E-state index contributed by atoms with van der Waals surface area (Å²) in [5.74, 6) is -0.723. The third-order valence-electron chi connectivity index (χ3n) is 4.78. The quantitative estimate of drug-likeness (QED) is 0.517. The molecule has 0 bridgehead atoms. The molecular formula is C22H18FN3O4S. The van der Waals surface area contributed by atoms with Gasteiger partial charge in [0.15, 0.2) is 0 Å². The fourth-order valence-electron chi connectivity index (χ4n) is 3.34. The Morgan fingerprint density at radius 1 is 1.16 bits per heavy atom. The molecule has 7 nitrogen and oxygen atoms in total. The minimum atomic E-state index is -0.799. The van der Waals surface area contributed by atoms with Crippen molar-refractivity contribution in [2.45, 2.75) is 13.5 Å². The number of methoxy groups -OCH3 is 1. The Morgan fingerprint density at radius 3 is 2.68 bits per heavy atom. The molecule has 4 aromatic rings. The molecular weight excluding hydrogens is 421 g/mol. The number of fused-ring (bicyclic) bond motifs is 1. The summed E-state index contributed by atoms with van der Waals surface area (Å²) >= 11 is 1.12. The molecule has 9 heteroatoms. The lowest BCUT2D eigenvalue weighted by atomic mass is 10.2. The maximum absolute atomic E-state index is 14.4. The van der Waals surface area contributed by atoms with E-state index in [1.54, 1.807) is 23.6 Å². The van der Waals surface area contributed by atoms with Gasteiger partial charge in [0.2, 0.25) is 5.91 Å². The second-order valence-corrected chi connectivity index (χ2v) is 7.76. The average molecular weight is 439 g/mol. The maximum Gasteiger partial charge on any atom is 0.336 e. The van der Waals surface area contributed by atoms with Gasteiger partial charge in [-0.3, -0.25) is 14.2 Å². The number of anilines is 1. The minimum absolute atomic E-state index is 0.165. The lowest BCUT2D eigenvalue weighted by molar-refractivity contribution is -0.116. The molecule has 31 heavy (non-hydrogen) atoms. The van der Waals surface area contributed by atoms with Crippen molar-refractivity contribution in [3.63, 3.8) is 0 Å². The van der Waals surface area contributed by atoms with E-state index in [1.807, 2.05) is 13.0 Å². The first kappa shape index (κ1) is 20.5. The van der Waals surface area contributed by atoms with Gasteiger partial charge in [0.25, 0.3) is 5.56 Å². The predicted molar refractivity (Wildman–Crippen MR) is 118 cm³/mol. The first-order valence-electron chi connectivity index (χ1n) is 9.33. The van der Waals surface area contributed by atoms with Crippen LogP contribution in [0.15, 0.2) is 63.5 Å². The molecule has 0 atom stereocenters. The average Bonchev–Trinajstić information content (AvgIpc) is 3.23. The Bertz CT molecular complexity index is 1420. The van der Waals surface area contributed by atoms with E-state index in [2.05, 4.69) is 5.32 Å². The first-order chi connectivity index (χ1) is 14.9. The highest BCUT2D eigenvalue weighted by atomic mass is 32.1. The third kappa shape index (κ3) is 3.75. The highest BCUT2D eigenvalue weighted by Crippen LogP contribution is 2.25. The summed E-state index contributed by atoms with van der Waals surface area (Å²) in [5, 5.41) is 4.39. The van der Waals surface area contributed by atoms with Crippen LogP contribution in [0.5, 0.6) is 5.75 Å². The zero-order valence-electron chi connectivity index (χ0n) is 16.7. The lowest BCUT2D eigenvalue weighted by Crippen LogP contribution is -2.40. The lowest BCUT2D eigenvalue weighted by Gasteiger charge is -2.14. The number of halogens is 1. The number of hydrogen-bond acceptors (Lipinski definition) is 5. The predicted octanol–water partition coefficient (Wildman–Crippen LogP) is 3.31. The van der Waals surface area contributed by atoms with E-state index in [1.165, 1.54) is 31.4 Å². The van der Waals surface area contributed by atoms with Crippen LogP contribution in [0.2, 0.25) is 0 Å². The van der Waals surface area contributed by atoms with Crippen LogP contribution < -0.4 is 21.3 Å². The Balaban J connectivity index is 1.80. The molecule has 2 heterocycles. The topological polar surface area (TPSA) is 82.3 Å². The van der Waals surface area contributed by atoms with Crippen molar-refractivity contribution in [2.75, 3.05) is 12.4 Å². The Labute approximate surface area is 180 Å². The summed E-state index contributed by atoms with van der Waals surface area (Å²) in [5.41, 5.74) is 0.108. The van der Waals surface area contributed by atoms with Crippen molar-refractivity contribution in [3.8, 4) is 11.4 Å². The maximum atomic E-state index is 14.4. The SMILES string of the molecule is COc1ccc(C)cc1NC(=O)Cn1c(=O)n(-c2ccccc2F)c(=O)c2sccc21. The number of benzene rings is 2. The van der Waals surface area contributed by atoms with Crippen LogP contribution in [-0.2, 0) is 11.3 Å². The van der Waals surface area contributed by atoms with Crippen molar-refractivity contribution in [1.82, 2.24) is 9.13 Å². The number of nitrogens with one attached hydrogen (secondary N) is 1. The highest BCUT2D eigenvalue weighted by molar-refractivity contribution is 7.17. The van der Waals surface area contributed by atoms with Crippen LogP contribution in [-0.4, -0.2) is 22.2 Å². The number of rotatable bonds is 5. The molecule has 0 aliphatic carbocycles. The number of ether oxygens (including phenoxy) is 1. The molecule has 1 amide bonds. The van der Waals surface area contributed by atoms with E-state index >= 15 is 0 Å². The van der Waals surface area contributed by atoms with Gasteiger partial charge in [-0.25, -0.2) is 13.8 Å². The van der Waals surface area contributed by atoms with Crippen molar-refractivity contribution < 1.29 is 13.9 Å². The Kier molecular flexibility index (Phi) is 5.43. The van der Waals surface area contributed by atoms with E-state index in [-0.39, 0.29) is 16.9 Å². The van der Waals surface area contributed by atoms with Crippen molar-refractivity contribution in [2.24, 2.45) is 0 Å². The molecule has 4 rings (SSSR count). The van der Waals surface area contributed by atoms with Gasteiger partial charge in [-0.1, -0.05) is 18.2 Å². The number of amides is 1. The van der Waals surface area contributed by atoms with Crippen molar-refractivity contribution in [1.29, 1.82) is 0 Å². The summed E-state index contributed by atoms with van der Waals surface area (Å²) in [6.45, 7) is 1.51. The summed E-state index contributed by atoms with van der Waals surface area (Å²) in [6.07, 6.45) is 0. The largest absolute Gasteiger partial charge is 0.495 e. The van der Waals surface area contributed by atoms with Gasteiger partial charge in [-0.2, -0.15) is 0 Å². The molecule has 0 fully saturated rings. The van der Waals surface area contributed by atoms with E-state index < -0.39 is 23.0 Å². The van der Waals surface area contributed by atoms with E-state index in [9.17, 15) is 18.8 Å². The molecule has 0 saturated carbocycles. The van der Waals surface area contributed by atoms with Gasteiger partial charge in [0.1, 0.15) is 22.8 Å². The normalized spacial score (nSPS) is 10.9. The van der Waals surface area contributed by atoms with Crippen LogP contribution in [0.4, 0.5) is 10.1 Å². The van der Waals surface area contributed by atoms with Gasteiger partial charge >= 0.3 is 5.69 Å². The van der Waals surface area contributed by atoms with Crippen molar-refractivity contribution in [3.05, 3.63) is 86.1 Å². The molecule has 0 saturated heterocycles. The van der Waals surface area contributed by atoms with Crippen LogP contribution in [0.25, 0.3) is 15.9 Å². The van der Waals surface area contributed by atoms with Crippen LogP contribution in [0.3, 0.4) is 0 Å². The third-order valence-corrected chi connectivity index (χ3v) is 5.67. The molecule has 2 aromatic carbocycles. The monoisotopic (exact) mass is 439 g/mol. The van der Waals surface area contributed by atoms with Crippen LogP contribution >= 0.6 is 11.3 Å². The number of hydrogen-bond donors (Lipinski definition) is 1. The number of thiophene rings is 1. The number of aromatic nitrogens is 2. The summed E-state index contributed by atoms with van der Waals surface area (Å²) in [7, 11) is 1.49. The summed E-state index contributed by atoms with van der Waals surface area (Å²) < 4.78 is 21.8. The van der Waals surface area contributed by atoms with Gasteiger partial charge in [-0.05, 0) is 48.2 Å². The Hall–Kier alpha value is -3.72. The fraction of sp³-hybridized carbons (Fsp3) is 0.136. The van der Waals surface area contributed by atoms with Gasteiger partial charge < -0.3 is 10.1 Å². The van der Waals surface area contributed by atoms with Gasteiger partial charge in [0, 0.05) is 0 Å². The number of carbonyl (C=O) groups is 1. The second kappa shape index (κ2) is 8.19. The summed E-state index contributed by atoms with van der Waals surface area (Å²) in [6, 6.07) is 12.4.